The second-order valence-corrected chi connectivity index (χ2v) is 3.46. The van der Waals surface area contributed by atoms with Crippen LogP contribution in [0.15, 0.2) is 28.9 Å². The van der Waals surface area contributed by atoms with Gasteiger partial charge in [0.2, 0.25) is 0 Å². The van der Waals surface area contributed by atoms with Crippen LogP contribution in [0.25, 0.3) is 11.0 Å². The molecule has 0 amide bonds. The van der Waals surface area contributed by atoms with Crippen molar-refractivity contribution in [2.45, 2.75) is 13.0 Å². The summed E-state index contributed by atoms with van der Waals surface area (Å²) in [7, 11) is 0. The minimum Gasteiger partial charge on any atom is -0.479 e. The highest BCUT2D eigenvalue weighted by molar-refractivity contribution is 5.87. The fourth-order valence-corrected chi connectivity index (χ4v) is 1.40. The van der Waals surface area contributed by atoms with Crippen molar-refractivity contribution in [2.24, 2.45) is 0 Å². The minimum absolute atomic E-state index is 0.342. The van der Waals surface area contributed by atoms with Crippen molar-refractivity contribution >= 4 is 22.6 Å². The van der Waals surface area contributed by atoms with Crippen LogP contribution in [0.4, 0.5) is 5.69 Å². The van der Waals surface area contributed by atoms with E-state index in [1.54, 1.807) is 18.2 Å². The summed E-state index contributed by atoms with van der Waals surface area (Å²) >= 11 is 0. The van der Waals surface area contributed by atoms with E-state index in [9.17, 15) is 4.79 Å². The van der Waals surface area contributed by atoms with Gasteiger partial charge < -0.3 is 20.0 Å². The lowest BCUT2D eigenvalue weighted by atomic mass is 10.2. The SMILES string of the molecule is CC(Oc1cc(N)cc2ccoc12)C(=O)O. The summed E-state index contributed by atoms with van der Waals surface area (Å²) < 4.78 is 10.5. The van der Waals surface area contributed by atoms with Gasteiger partial charge in [0.25, 0.3) is 0 Å². The van der Waals surface area contributed by atoms with E-state index in [1.807, 2.05) is 0 Å². The Balaban J connectivity index is 2.42. The number of nitrogen functional groups attached to an aromatic ring is 1. The number of fused-ring (bicyclic) bond motifs is 1. The number of aliphatic carboxylic acids is 1. The number of carboxylic acids is 1. The summed E-state index contributed by atoms with van der Waals surface area (Å²) in [5.74, 6) is -0.697. The second kappa shape index (κ2) is 3.77. The van der Waals surface area contributed by atoms with Crippen LogP contribution in [0.5, 0.6) is 5.75 Å². The number of carboxylic acid groups (broad SMARTS) is 1. The molecule has 2 rings (SSSR count). The van der Waals surface area contributed by atoms with Crippen LogP contribution in [0.1, 0.15) is 6.92 Å². The Morgan fingerprint density at radius 1 is 1.56 bits per heavy atom. The van der Waals surface area contributed by atoms with E-state index in [4.69, 9.17) is 20.0 Å². The van der Waals surface area contributed by atoms with E-state index in [1.165, 1.54) is 13.2 Å². The molecule has 0 saturated carbocycles. The molecule has 0 radical (unpaired) electrons. The van der Waals surface area contributed by atoms with E-state index >= 15 is 0 Å². The van der Waals surface area contributed by atoms with Crippen LogP contribution in [0, 0.1) is 0 Å². The number of carbonyl (C=O) groups is 1. The highest BCUT2D eigenvalue weighted by Gasteiger charge is 2.16. The molecule has 3 N–H and O–H groups in total. The zero-order valence-electron chi connectivity index (χ0n) is 8.64. The van der Waals surface area contributed by atoms with Gasteiger partial charge in [0.1, 0.15) is 0 Å². The summed E-state index contributed by atoms with van der Waals surface area (Å²) in [6, 6.07) is 5.02. The lowest BCUT2D eigenvalue weighted by Crippen LogP contribution is -2.22. The molecule has 0 saturated heterocycles. The maximum absolute atomic E-state index is 10.7. The van der Waals surface area contributed by atoms with E-state index in [0.29, 0.717) is 17.0 Å². The molecular weight excluding hydrogens is 210 g/mol. The van der Waals surface area contributed by atoms with Gasteiger partial charge in [-0.3, -0.25) is 0 Å². The summed E-state index contributed by atoms with van der Waals surface area (Å²) in [5.41, 5.74) is 6.67. The van der Waals surface area contributed by atoms with Crippen LogP contribution in [-0.2, 0) is 4.79 Å². The van der Waals surface area contributed by atoms with E-state index in [-0.39, 0.29) is 0 Å². The summed E-state index contributed by atoms with van der Waals surface area (Å²) in [6.45, 7) is 1.44. The van der Waals surface area contributed by atoms with Gasteiger partial charge in [-0.1, -0.05) is 0 Å². The van der Waals surface area contributed by atoms with Crippen molar-refractivity contribution < 1.29 is 19.1 Å². The Morgan fingerprint density at radius 3 is 3.00 bits per heavy atom. The molecule has 0 aliphatic carbocycles. The van der Waals surface area contributed by atoms with Crippen LogP contribution in [0.2, 0.25) is 0 Å². The molecule has 1 aromatic carbocycles. The second-order valence-electron chi connectivity index (χ2n) is 3.46. The van der Waals surface area contributed by atoms with Crippen molar-refractivity contribution in [1.82, 2.24) is 0 Å². The predicted molar refractivity (Wildman–Crippen MR) is 58.4 cm³/mol. The molecule has 16 heavy (non-hydrogen) atoms. The third-order valence-corrected chi connectivity index (χ3v) is 2.19. The number of benzene rings is 1. The third-order valence-electron chi connectivity index (χ3n) is 2.19. The molecule has 1 atom stereocenters. The van der Waals surface area contributed by atoms with Gasteiger partial charge in [0, 0.05) is 17.1 Å². The van der Waals surface area contributed by atoms with Gasteiger partial charge in [-0.05, 0) is 19.1 Å². The Hall–Kier alpha value is -2.17. The van der Waals surface area contributed by atoms with Crippen LogP contribution in [0.3, 0.4) is 0 Å². The fraction of sp³-hybridized carbons (Fsp3) is 0.182. The molecule has 0 fully saturated rings. The molecule has 0 bridgehead atoms. The van der Waals surface area contributed by atoms with Crippen molar-refractivity contribution in [2.75, 3.05) is 5.73 Å². The molecule has 1 heterocycles. The maximum atomic E-state index is 10.7. The Kier molecular flexibility index (Phi) is 2.44. The zero-order valence-corrected chi connectivity index (χ0v) is 8.64. The van der Waals surface area contributed by atoms with Crippen molar-refractivity contribution in [1.29, 1.82) is 0 Å². The van der Waals surface area contributed by atoms with Crippen molar-refractivity contribution in [3.63, 3.8) is 0 Å². The number of furan rings is 1. The highest BCUT2D eigenvalue weighted by Crippen LogP contribution is 2.30. The number of rotatable bonds is 3. The lowest BCUT2D eigenvalue weighted by Gasteiger charge is -2.11. The van der Waals surface area contributed by atoms with Crippen molar-refractivity contribution in [3.8, 4) is 5.75 Å². The molecule has 1 aromatic heterocycles. The topological polar surface area (TPSA) is 85.7 Å². The molecule has 5 heteroatoms. The van der Waals surface area contributed by atoms with Gasteiger partial charge in [-0.15, -0.1) is 0 Å². The van der Waals surface area contributed by atoms with E-state index < -0.39 is 12.1 Å². The van der Waals surface area contributed by atoms with E-state index in [2.05, 4.69) is 0 Å². The molecule has 0 spiro atoms. The highest BCUT2D eigenvalue weighted by atomic mass is 16.5. The number of ether oxygens (including phenoxy) is 1. The van der Waals surface area contributed by atoms with Gasteiger partial charge in [0.05, 0.1) is 6.26 Å². The Morgan fingerprint density at radius 2 is 2.31 bits per heavy atom. The predicted octanol–water partition coefficient (Wildman–Crippen LogP) is 1.87. The quantitative estimate of drug-likeness (QED) is 0.772. The first-order valence-electron chi connectivity index (χ1n) is 4.74. The zero-order chi connectivity index (χ0) is 11.7. The first-order valence-corrected chi connectivity index (χ1v) is 4.74. The van der Waals surface area contributed by atoms with Crippen LogP contribution in [-0.4, -0.2) is 17.2 Å². The van der Waals surface area contributed by atoms with Gasteiger partial charge in [0.15, 0.2) is 17.4 Å². The smallest absolute Gasteiger partial charge is 0.344 e. The maximum Gasteiger partial charge on any atom is 0.344 e. The molecule has 2 aromatic rings. The summed E-state index contributed by atoms with van der Waals surface area (Å²) in [5, 5.41) is 9.53. The average molecular weight is 221 g/mol. The number of hydrogen-bond donors (Lipinski definition) is 2. The molecular formula is C11H11NO4. The van der Waals surface area contributed by atoms with Gasteiger partial charge >= 0.3 is 5.97 Å². The average Bonchev–Trinajstić information content (AvgIpc) is 2.65. The standard InChI is InChI=1S/C11H11NO4/c1-6(11(13)14)16-9-5-8(12)4-7-2-3-15-10(7)9/h2-6H,12H2,1H3,(H,13,14). The van der Waals surface area contributed by atoms with Gasteiger partial charge in [-0.25, -0.2) is 4.79 Å². The van der Waals surface area contributed by atoms with Crippen LogP contribution >= 0.6 is 0 Å². The molecule has 1 unspecified atom stereocenters. The Bertz CT molecular complexity index is 532. The largest absolute Gasteiger partial charge is 0.479 e. The van der Waals surface area contributed by atoms with Gasteiger partial charge in [-0.2, -0.15) is 0 Å². The summed E-state index contributed by atoms with van der Waals surface area (Å²) in [4.78, 5) is 10.7. The molecule has 5 nitrogen and oxygen atoms in total. The monoisotopic (exact) mass is 221 g/mol. The molecule has 0 aliphatic heterocycles. The fourth-order valence-electron chi connectivity index (χ4n) is 1.40. The molecule has 0 aliphatic rings. The third kappa shape index (κ3) is 1.79. The van der Waals surface area contributed by atoms with E-state index in [0.717, 1.165) is 5.39 Å². The van der Waals surface area contributed by atoms with Crippen molar-refractivity contribution in [3.05, 3.63) is 24.5 Å². The normalized spacial score (nSPS) is 12.6. The first kappa shape index (κ1) is 10.4. The number of nitrogens with two attached hydrogens (primary N) is 1. The molecule has 84 valence electrons. The number of anilines is 1. The number of hydrogen-bond acceptors (Lipinski definition) is 4. The minimum atomic E-state index is -1.04. The first-order chi connectivity index (χ1) is 7.58. The Labute approximate surface area is 91.4 Å². The lowest BCUT2D eigenvalue weighted by molar-refractivity contribution is -0.144. The summed E-state index contributed by atoms with van der Waals surface area (Å²) in [6.07, 6.45) is 0.553. The van der Waals surface area contributed by atoms with Crippen LogP contribution < -0.4 is 10.5 Å².